The molecule has 19 heavy (non-hydrogen) atoms. The van der Waals surface area contributed by atoms with Crippen LogP contribution >= 0.6 is 11.6 Å². The first kappa shape index (κ1) is 15.7. The van der Waals surface area contributed by atoms with Gasteiger partial charge in [0.25, 0.3) is 0 Å². The number of hydrogen-bond donors (Lipinski definition) is 2. The Bertz CT molecular complexity index is 440. The molecule has 0 saturated carbocycles. The Morgan fingerprint density at radius 3 is 2.74 bits per heavy atom. The first-order valence-electron chi connectivity index (χ1n) is 6.15. The van der Waals surface area contributed by atoms with Crippen molar-refractivity contribution in [2.24, 2.45) is 0 Å². The SMILES string of the molecule is Cc1cc(C)c(NC(=O)N(C)CCC(C)O)c(Cl)n1. The van der Waals surface area contributed by atoms with Gasteiger partial charge >= 0.3 is 6.03 Å². The average molecular weight is 286 g/mol. The molecule has 0 aliphatic rings. The third kappa shape index (κ3) is 4.69. The van der Waals surface area contributed by atoms with E-state index in [4.69, 9.17) is 11.6 Å². The van der Waals surface area contributed by atoms with Gasteiger partial charge in [-0.3, -0.25) is 0 Å². The number of urea groups is 1. The molecule has 6 heteroatoms. The fourth-order valence-electron chi connectivity index (χ4n) is 1.63. The number of nitrogens with one attached hydrogen (secondary N) is 1. The van der Waals surface area contributed by atoms with Gasteiger partial charge in [-0.2, -0.15) is 0 Å². The number of carbonyl (C=O) groups is 1. The molecular formula is C13H20ClN3O2. The molecule has 0 saturated heterocycles. The molecule has 0 spiro atoms. The lowest BCUT2D eigenvalue weighted by atomic mass is 10.2. The van der Waals surface area contributed by atoms with Crippen LogP contribution in [0, 0.1) is 13.8 Å². The molecule has 0 aromatic carbocycles. The number of amides is 2. The highest BCUT2D eigenvalue weighted by Crippen LogP contribution is 2.24. The van der Waals surface area contributed by atoms with Crippen molar-refractivity contribution in [3.8, 4) is 0 Å². The van der Waals surface area contributed by atoms with E-state index < -0.39 is 6.10 Å². The molecule has 2 amide bonds. The highest BCUT2D eigenvalue weighted by Gasteiger charge is 2.14. The summed E-state index contributed by atoms with van der Waals surface area (Å²) < 4.78 is 0. The molecule has 1 aromatic heterocycles. The Morgan fingerprint density at radius 2 is 2.21 bits per heavy atom. The van der Waals surface area contributed by atoms with Crippen molar-refractivity contribution in [3.05, 3.63) is 22.5 Å². The summed E-state index contributed by atoms with van der Waals surface area (Å²) in [6, 6.07) is 1.59. The van der Waals surface area contributed by atoms with Crippen molar-refractivity contribution in [2.45, 2.75) is 33.3 Å². The fraction of sp³-hybridized carbons (Fsp3) is 0.538. The number of nitrogens with zero attached hydrogens (tertiary/aromatic N) is 2. The summed E-state index contributed by atoms with van der Waals surface area (Å²) in [7, 11) is 1.67. The summed E-state index contributed by atoms with van der Waals surface area (Å²) in [4.78, 5) is 17.6. The Kier molecular flexibility index (Phi) is 5.57. The van der Waals surface area contributed by atoms with Crippen molar-refractivity contribution < 1.29 is 9.90 Å². The fourth-order valence-corrected chi connectivity index (χ4v) is 1.96. The average Bonchev–Trinajstić information content (AvgIpc) is 2.30. The molecule has 1 heterocycles. The van der Waals surface area contributed by atoms with Gasteiger partial charge in [0, 0.05) is 19.3 Å². The van der Waals surface area contributed by atoms with Gasteiger partial charge in [-0.05, 0) is 38.8 Å². The number of aryl methyl sites for hydroxylation is 2. The van der Waals surface area contributed by atoms with Crippen LogP contribution in [-0.4, -0.2) is 40.7 Å². The van der Waals surface area contributed by atoms with Crippen LogP contribution in [0.4, 0.5) is 10.5 Å². The van der Waals surface area contributed by atoms with E-state index >= 15 is 0 Å². The van der Waals surface area contributed by atoms with Gasteiger partial charge in [-0.1, -0.05) is 11.6 Å². The number of pyridine rings is 1. The van der Waals surface area contributed by atoms with Gasteiger partial charge in [-0.25, -0.2) is 9.78 Å². The Hall–Kier alpha value is -1.33. The number of hydrogen-bond acceptors (Lipinski definition) is 3. The highest BCUT2D eigenvalue weighted by atomic mass is 35.5. The minimum absolute atomic E-state index is 0.267. The second kappa shape index (κ2) is 6.73. The normalized spacial score (nSPS) is 12.1. The third-order valence-electron chi connectivity index (χ3n) is 2.76. The number of rotatable bonds is 4. The zero-order valence-corrected chi connectivity index (χ0v) is 12.5. The van der Waals surface area contributed by atoms with Crippen LogP contribution in [0.3, 0.4) is 0 Å². The van der Waals surface area contributed by atoms with E-state index in [0.717, 1.165) is 11.3 Å². The monoisotopic (exact) mass is 285 g/mol. The Morgan fingerprint density at radius 1 is 1.58 bits per heavy atom. The maximum Gasteiger partial charge on any atom is 0.321 e. The molecule has 0 aliphatic carbocycles. The van der Waals surface area contributed by atoms with Crippen LogP contribution in [0.15, 0.2) is 6.07 Å². The van der Waals surface area contributed by atoms with E-state index in [1.807, 2.05) is 19.9 Å². The maximum atomic E-state index is 12.0. The van der Waals surface area contributed by atoms with E-state index in [2.05, 4.69) is 10.3 Å². The number of carbonyl (C=O) groups excluding carboxylic acids is 1. The molecule has 1 atom stereocenters. The van der Waals surface area contributed by atoms with E-state index in [0.29, 0.717) is 18.7 Å². The van der Waals surface area contributed by atoms with Crippen LogP contribution in [-0.2, 0) is 0 Å². The molecule has 1 aromatic rings. The van der Waals surface area contributed by atoms with Gasteiger partial charge in [0.15, 0.2) is 5.15 Å². The molecule has 1 rings (SSSR count). The zero-order chi connectivity index (χ0) is 14.6. The second-order valence-electron chi connectivity index (χ2n) is 4.74. The number of aromatic nitrogens is 1. The minimum Gasteiger partial charge on any atom is -0.393 e. The zero-order valence-electron chi connectivity index (χ0n) is 11.7. The number of halogens is 1. The van der Waals surface area contributed by atoms with Gasteiger partial charge < -0.3 is 15.3 Å². The Labute approximate surface area is 118 Å². The van der Waals surface area contributed by atoms with Crippen LogP contribution in [0.1, 0.15) is 24.6 Å². The quantitative estimate of drug-likeness (QED) is 0.836. The second-order valence-corrected chi connectivity index (χ2v) is 5.09. The van der Waals surface area contributed by atoms with E-state index in [-0.39, 0.29) is 11.2 Å². The van der Waals surface area contributed by atoms with E-state index in [1.54, 1.807) is 14.0 Å². The predicted molar refractivity (Wildman–Crippen MR) is 76.7 cm³/mol. The van der Waals surface area contributed by atoms with Crippen LogP contribution in [0.2, 0.25) is 5.15 Å². The highest BCUT2D eigenvalue weighted by molar-refractivity contribution is 6.32. The lowest BCUT2D eigenvalue weighted by molar-refractivity contribution is 0.167. The predicted octanol–water partition coefficient (Wildman–Crippen LogP) is 2.59. The first-order valence-corrected chi connectivity index (χ1v) is 6.53. The number of aliphatic hydroxyl groups excluding tert-OH is 1. The molecule has 0 aliphatic heterocycles. The molecule has 106 valence electrons. The van der Waals surface area contributed by atoms with Gasteiger partial charge in [0.1, 0.15) is 0 Å². The Balaban J connectivity index is 2.72. The van der Waals surface area contributed by atoms with E-state index in [9.17, 15) is 9.90 Å². The lowest BCUT2D eigenvalue weighted by Gasteiger charge is -2.20. The summed E-state index contributed by atoms with van der Waals surface area (Å²) in [6.45, 7) is 5.88. The van der Waals surface area contributed by atoms with Gasteiger partial charge in [0.2, 0.25) is 0 Å². The summed E-state index contributed by atoms with van der Waals surface area (Å²) in [6.07, 6.45) is 0.101. The number of anilines is 1. The maximum absolute atomic E-state index is 12.0. The topological polar surface area (TPSA) is 65.5 Å². The van der Waals surface area contributed by atoms with Gasteiger partial charge in [0.05, 0.1) is 11.8 Å². The lowest BCUT2D eigenvalue weighted by Crippen LogP contribution is -2.33. The number of aliphatic hydroxyl groups is 1. The summed E-state index contributed by atoms with van der Waals surface area (Å²) in [5, 5.41) is 12.2. The molecule has 0 radical (unpaired) electrons. The molecular weight excluding hydrogens is 266 g/mol. The van der Waals surface area contributed by atoms with Crippen molar-refractivity contribution in [1.29, 1.82) is 0 Å². The van der Waals surface area contributed by atoms with Crippen LogP contribution < -0.4 is 5.32 Å². The summed E-state index contributed by atoms with van der Waals surface area (Å²) >= 11 is 6.03. The summed E-state index contributed by atoms with van der Waals surface area (Å²) in [5.41, 5.74) is 2.21. The smallest absolute Gasteiger partial charge is 0.321 e. The van der Waals surface area contributed by atoms with Gasteiger partial charge in [-0.15, -0.1) is 0 Å². The molecule has 1 unspecified atom stereocenters. The van der Waals surface area contributed by atoms with Crippen LogP contribution in [0.25, 0.3) is 0 Å². The standard InChI is InChI=1S/C13H20ClN3O2/c1-8-7-9(2)15-12(14)11(8)16-13(19)17(4)6-5-10(3)18/h7,10,18H,5-6H2,1-4H3,(H,16,19). The summed E-state index contributed by atoms with van der Waals surface area (Å²) in [5.74, 6) is 0. The molecule has 0 bridgehead atoms. The largest absolute Gasteiger partial charge is 0.393 e. The third-order valence-corrected chi connectivity index (χ3v) is 3.03. The van der Waals surface area contributed by atoms with Crippen molar-refractivity contribution >= 4 is 23.3 Å². The first-order chi connectivity index (χ1) is 8.81. The molecule has 5 nitrogen and oxygen atoms in total. The van der Waals surface area contributed by atoms with Crippen molar-refractivity contribution in [3.63, 3.8) is 0 Å². The minimum atomic E-state index is -0.429. The van der Waals surface area contributed by atoms with E-state index in [1.165, 1.54) is 4.90 Å². The molecule has 0 fully saturated rings. The van der Waals surface area contributed by atoms with Crippen molar-refractivity contribution in [2.75, 3.05) is 18.9 Å². The molecule has 2 N–H and O–H groups in total. The van der Waals surface area contributed by atoms with Crippen LogP contribution in [0.5, 0.6) is 0 Å². The van der Waals surface area contributed by atoms with Crippen molar-refractivity contribution in [1.82, 2.24) is 9.88 Å².